The number of hydrogen-bond donors (Lipinski definition) is 1. The van der Waals surface area contributed by atoms with Gasteiger partial charge in [0.1, 0.15) is 0 Å². The van der Waals surface area contributed by atoms with Gasteiger partial charge < -0.3 is 10.5 Å². The summed E-state index contributed by atoms with van der Waals surface area (Å²) in [6, 6.07) is 6.86. The quantitative estimate of drug-likeness (QED) is 0.869. The maximum atomic E-state index is 6.40. The zero-order valence-corrected chi connectivity index (χ0v) is 11.2. The molecule has 1 fully saturated rings. The molecule has 0 radical (unpaired) electrons. The van der Waals surface area contributed by atoms with Gasteiger partial charge in [0.2, 0.25) is 0 Å². The van der Waals surface area contributed by atoms with Crippen LogP contribution < -0.4 is 5.73 Å². The third-order valence-corrected chi connectivity index (χ3v) is 4.56. The van der Waals surface area contributed by atoms with Crippen molar-refractivity contribution < 1.29 is 4.74 Å². The number of benzene rings is 1. The van der Waals surface area contributed by atoms with Crippen molar-refractivity contribution in [2.24, 2.45) is 11.7 Å². The summed E-state index contributed by atoms with van der Waals surface area (Å²) in [5, 5.41) is 0. The predicted molar refractivity (Wildman–Crippen MR) is 73.5 cm³/mol. The first-order chi connectivity index (χ1) is 8.75. The molecule has 2 aliphatic rings. The Morgan fingerprint density at radius 1 is 1.22 bits per heavy atom. The SMILES string of the molecule is CC1CCOC1C(N)c1ccc2c(c1)CCCC2. The Balaban J connectivity index is 1.83. The molecule has 0 saturated carbocycles. The third-order valence-electron chi connectivity index (χ3n) is 4.56. The van der Waals surface area contributed by atoms with Gasteiger partial charge in [-0.15, -0.1) is 0 Å². The molecule has 3 rings (SSSR count). The second kappa shape index (κ2) is 5.02. The van der Waals surface area contributed by atoms with Gasteiger partial charge in [-0.05, 0) is 54.7 Å². The minimum absolute atomic E-state index is 0.0368. The van der Waals surface area contributed by atoms with E-state index in [1.807, 2.05) is 0 Å². The Kier molecular flexibility index (Phi) is 3.40. The van der Waals surface area contributed by atoms with Crippen molar-refractivity contribution in [3.63, 3.8) is 0 Å². The summed E-state index contributed by atoms with van der Waals surface area (Å²) in [7, 11) is 0. The molecule has 98 valence electrons. The number of aryl methyl sites for hydroxylation is 2. The number of rotatable bonds is 2. The van der Waals surface area contributed by atoms with Gasteiger partial charge in [-0.2, -0.15) is 0 Å². The molecule has 0 aromatic heterocycles. The lowest BCUT2D eigenvalue weighted by Gasteiger charge is -2.25. The van der Waals surface area contributed by atoms with E-state index in [0.717, 1.165) is 13.0 Å². The van der Waals surface area contributed by atoms with Crippen molar-refractivity contribution in [3.05, 3.63) is 34.9 Å². The maximum Gasteiger partial charge on any atom is 0.0793 e. The first kappa shape index (κ1) is 12.2. The van der Waals surface area contributed by atoms with Gasteiger partial charge in [0.15, 0.2) is 0 Å². The fourth-order valence-electron chi connectivity index (χ4n) is 3.33. The van der Waals surface area contributed by atoms with E-state index in [4.69, 9.17) is 10.5 Å². The normalized spacial score (nSPS) is 29.0. The summed E-state index contributed by atoms with van der Waals surface area (Å²) >= 11 is 0. The van der Waals surface area contributed by atoms with Crippen LogP contribution >= 0.6 is 0 Å². The predicted octanol–water partition coefficient (Wildman–Crippen LogP) is 2.99. The van der Waals surface area contributed by atoms with E-state index in [-0.39, 0.29) is 12.1 Å². The monoisotopic (exact) mass is 245 g/mol. The van der Waals surface area contributed by atoms with Crippen molar-refractivity contribution in [3.8, 4) is 0 Å². The molecular formula is C16H23NO. The molecular weight excluding hydrogens is 222 g/mol. The lowest BCUT2D eigenvalue weighted by Crippen LogP contribution is -2.30. The van der Waals surface area contributed by atoms with E-state index >= 15 is 0 Å². The van der Waals surface area contributed by atoms with Crippen molar-refractivity contribution in [2.45, 2.75) is 51.2 Å². The zero-order valence-electron chi connectivity index (χ0n) is 11.2. The molecule has 0 spiro atoms. The smallest absolute Gasteiger partial charge is 0.0793 e. The first-order valence-electron chi connectivity index (χ1n) is 7.24. The van der Waals surface area contributed by atoms with Crippen LogP contribution in [-0.4, -0.2) is 12.7 Å². The maximum absolute atomic E-state index is 6.40. The lowest BCUT2D eigenvalue weighted by molar-refractivity contribution is 0.0724. The third kappa shape index (κ3) is 2.19. The molecule has 18 heavy (non-hydrogen) atoms. The number of nitrogens with two attached hydrogens (primary N) is 1. The Bertz CT molecular complexity index is 429. The summed E-state index contributed by atoms with van der Waals surface area (Å²) in [4.78, 5) is 0. The summed E-state index contributed by atoms with van der Waals surface area (Å²) in [5.41, 5.74) is 10.7. The van der Waals surface area contributed by atoms with Crippen molar-refractivity contribution >= 4 is 0 Å². The van der Waals surface area contributed by atoms with Crippen LogP contribution in [0.2, 0.25) is 0 Å². The Morgan fingerprint density at radius 2 is 2.00 bits per heavy atom. The van der Waals surface area contributed by atoms with Crippen LogP contribution in [0.1, 0.15) is 48.9 Å². The minimum Gasteiger partial charge on any atom is -0.376 e. The van der Waals surface area contributed by atoms with Gasteiger partial charge in [0.05, 0.1) is 12.1 Å². The molecule has 2 nitrogen and oxygen atoms in total. The number of fused-ring (bicyclic) bond motifs is 1. The molecule has 1 saturated heterocycles. The van der Waals surface area contributed by atoms with E-state index in [0.29, 0.717) is 5.92 Å². The van der Waals surface area contributed by atoms with Gasteiger partial charge in [-0.3, -0.25) is 0 Å². The standard InChI is InChI=1S/C16H23NO/c1-11-8-9-18-16(11)15(17)14-7-6-12-4-2-3-5-13(12)10-14/h6-7,10-11,15-16H,2-5,8-9,17H2,1H3. The van der Waals surface area contributed by atoms with E-state index < -0.39 is 0 Å². The average Bonchev–Trinajstić information content (AvgIpc) is 2.83. The van der Waals surface area contributed by atoms with E-state index in [1.54, 1.807) is 0 Å². The van der Waals surface area contributed by atoms with Gasteiger partial charge in [-0.1, -0.05) is 25.1 Å². The van der Waals surface area contributed by atoms with Crippen molar-refractivity contribution in [2.75, 3.05) is 6.61 Å². The highest BCUT2D eigenvalue weighted by molar-refractivity contribution is 5.35. The van der Waals surface area contributed by atoms with Crippen LogP contribution in [0.3, 0.4) is 0 Å². The number of ether oxygens (including phenoxy) is 1. The van der Waals surface area contributed by atoms with Crippen LogP contribution in [-0.2, 0) is 17.6 Å². The second-order valence-corrected chi connectivity index (χ2v) is 5.86. The molecule has 1 aromatic rings. The summed E-state index contributed by atoms with van der Waals surface area (Å²) < 4.78 is 5.80. The molecule has 3 atom stereocenters. The van der Waals surface area contributed by atoms with Crippen molar-refractivity contribution in [1.29, 1.82) is 0 Å². The fourth-order valence-corrected chi connectivity index (χ4v) is 3.33. The topological polar surface area (TPSA) is 35.2 Å². The summed E-state index contributed by atoms with van der Waals surface area (Å²) in [6.07, 6.45) is 6.46. The fraction of sp³-hybridized carbons (Fsp3) is 0.625. The van der Waals surface area contributed by atoms with Crippen LogP contribution in [0.25, 0.3) is 0 Å². The number of hydrogen-bond acceptors (Lipinski definition) is 2. The average molecular weight is 245 g/mol. The highest BCUT2D eigenvalue weighted by Crippen LogP contribution is 2.31. The molecule has 0 bridgehead atoms. The molecule has 1 aliphatic carbocycles. The van der Waals surface area contributed by atoms with Crippen molar-refractivity contribution in [1.82, 2.24) is 0 Å². The highest BCUT2D eigenvalue weighted by atomic mass is 16.5. The Labute approximate surface area is 110 Å². The first-order valence-corrected chi connectivity index (χ1v) is 7.24. The van der Waals surface area contributed by atoms with Gasteiger partial charge in [0.25, 0.3) is 0 Å². The summed E-state index contributed by atoms with van der Waals surface area (Å²) in [5.74, 6) is 0.580. The largest absolute Gasteiger partial charge is 0.376 e. The molecule has 3 unspecified atom stereocenters. The van der Waals surface area contributed by atoms with E-state index in [1.165, 1.54) is 42.4 Å². The van der Waals surface area contributed by atoms with E-state index in [2.05, 4.69) is 25.1 Å². The molecule has 1 aromatic carbocycles. The van der Waals surface area contributed by atoms with E-state index in [9.17, 15) is 0 Å². The molecule has 0 amide bonds. The zero-order chi connectivity index (χ0) is 12.5. The van der Waals surface area contributed by atoms with Gasteiger partial charge >= 0.3 is 0 Å². The lowest BCUT2D eigenvalue weighted by atomic mass is 9.87. The Hall–Kier alpha value is -0.860. The molecule has 1 heterocycles. The van der Waals surface area contributed by atoms with Crippen LogP contribution in [0.4, 0.5) is 0 Å². The molecule has 1 aliphatic heterocycles. The molecule has 2 heteroatoms. The minimum atomic E-state index is 0.0368. The summed E-state index contributed by atoms with van der Waals surface area (Å²) in [6.45, 7) is 3.11. The molecule has 2 N–H and O–H groups in total. The van der Waals surface area contributed by atoms with Crippen LogP contribution in [0.15, 0.2) is 18.2 Å². The van der Waals surface area contributed by atoms with Gasteiger partial charge in [0, 0.05) is 6.61 Å². The Morgan fingerprint density at radius 3 is 2.72 bits per heavy atom. The van der Waals surface area contributed by atoms with Gasteiger partial charge in [-0.25, -0.2) is 0 Å². The second-order valence-electron chi connectivity index (χ2n) is 5.86. The van der Waals surface area contributed by atoms with Crippen LogP contribution in [0, 0.1) is 5.92 Å². The van der Waals surface area contributed by atoms with Crippen LogP contribution in [0.5, 0.6) is 0 Å². The highest BCUT2D eigenvalue weighted by Gasteiger charge is 2.31.